The molecule has 0 radical (unpaired) electrons. The summed E-state index contributed by atoms with van der Waals surface area (Å²) in [4.78, 5) is 5.19. The van der Waals surface area contributed by atoms with Crippen LogP contribution in [0.4, 0.5) is 0 Å². The lowest BCUT2D eigenvalue weighted by atomic mass is 9.92. The first kappa shape index (κ1) is 16.9. The third-order valence-electron chi connectivity index (χ3n) is 3.86. The summed E-state index contributed by atoms with van der Waals surface area (Å²) in [6.45, 7) is 20.3. The van der Waals surface area contributed by atoms with Crippen LogP contribution in [0.25, 0.3) is 0 Å². The van der Waals surface area contributed by atoms with Crippen molar-refractivity contribution in [3.05, 3.63) is 0 Å². The Morgan fingerprint density at radius 3 is 2.37 bits per heavy atom. The molecule has 1 rings (SSSR count). The zero-order chi connectivity index (χ0) is 14.5. The Bertz CT molecular complexity index is 248. The summed E-state index contributed by atoms with van der Waals surface area (Å²) < 4.78 is 5.66. The van der Waals surface area contributed by atoms with Crippen molar-refractivity contribution in [2.24, 2.45) is 5.41 Å². The number of ether oxygens (including phenoxy) is 1. The highest BCUT2D eigenvalue weighted by atomic mass is 16.5. The lowest BCUT2D eigenvalue weighted by Crippen LogP contribution is -2.53. The van der Waals surface area contributed by atoms with Gasteiger partial charge < -0.3 is 9.64 Å². The molecule has 114 valence electrons. The summed E-state index contributed by atoms with van der Waals surface area (Å²) in [7, 11) is 0. The van der Waals surface area contributed by atoms with Gasteiger partial charge in [0.25, 0.3) is 0 Å². The van der Waals surface area contributed by atoms with Gasteiger partial charge >= 0.3 is 0 Å². The molecule has 0 bridgehead atoms. The number of piperazine rings is 1. The Balaban J connectivity index is 2.23. The molecule has 3 heteroatoms. The van der Waals surface area contributed by atoms with Crippen LogP contribution in [-0.2, 0) is 4.74 Å². The number of rotatable bonds is 6. The Hall–Kier alpha value is -0.120. The van der Waals surface area contributed by atoms with E-state index in [-0.39, 0.29) is 0 Å². The Morgan fingerprint density at radius 2 is 1.84 bits per heavy atom. The van der Waals surface area contributed by atoms with Gasteiger partial charge in [0.15, 0.2) is 0 Å². The fourth-order valence-electron chi connectivity index (χ4n) is 2.51. The van der Waals surface area contributed by atoms with Crippen LogP contribution in [-0.4, -0.2) is 61.3 Å². The summed E-state index contributed by atoms with van der Waals surface area (Å²) in [6, 6.07) is 0.657. The van der Waals surface area contributed by atoms with Gasteiger partial charge in [0, 0.05) is 32.2 Å². The number of hydrogen-bond acceptors (Lipinski definition) is 3. The van der Waals surface area contributed by atoms with Crippen molar-refractivity contribution in [1.29, 1.82) is 0 Å². The van der Waals surface area contributed by atoms with E-state index in [1.54, 1.807) is 0 Å². The molecule has 19 heavy (non-hydrogen) atoms. The molecule has 1 saturated heterocycles. The Kier molecular flexibility index (Phi) is 6.78. The molecule has 0 aromatic rings. The number of hydrogen-bond donors (Lipinski definition) is 0. The summed E-state index contributed by atoms with van der Waals surface area (Å²) in [5.74, 6) is 0. The first-order chi connectivity index (χ1) is 8.78. The summed E-state index contributed by atoms with van der Waals surface area (Å²) in [6.07, 6.45) is 1.64. The van der Waals surface area contributed by atoms with Gasteiger partial charge in [-0.1, -0.05) is 20.8 Å². The lowest BCUT2D eigenvalue weighted by molar-refractivity contribution is 0.0238. The Morgan fingerprint density at radius 1 is 1.16 bits per heavy atom. The fourth-order valence-corrected chi connectivity index (χ4v) is 2.51. The monoisotopic (exact) mass is 270 g/mol. The van der Waals surface area contributed by atoms with Crippen molar-refractivity contribution >= 4 is 0 Å². The van der Waals surface area contributed by atoms with Gasteiger partial charge in [-0.25, -0.2) is 0 Å². The summed E-state index contributed by atoms with van der Waals surface area (Å²) in [5.41, 5.74) is 0.450. The predicted molar refractivity (Wildman–Crippen MR) is 82.6 cm³/mol. The van der Waals surface area contributed by atoms with E-state index in [9.17, 15) is 0 Å². The molecule has 0 saturated carbocycles. The van der Waals surface area contributed by atoms with Crippen molar-refractivity contribution in [2.45, 2.75) is 60.1 Å². The van der Waals surface area contributed by atoms with E-state index in [1.807, 2.05) is 0 Å². The molecule has 1 atom stereocenters. The van der Waals surface area contributed by atoms with Crippen LogP contribution in [0, 0.1) is 5.41 Å². The van der Waals surface area contributed by atoms with Crippen LogP contribution in [0.5, 0.6) is 0 Å². The molecule has 1 aliphatic rings. The zero-order valence-corrected chi connectivity index (χ0v) is 13.9. The van der Waals surface area contributed by atoms with Crippen LogP contribution < -0.4 is 0 Å². The largest absolute Gasteiger partial charge is 0.377 e. The minimum atomic E-state index is 0.350. The molecule has 3 nitrogen and oxygen atoms in total. The lowest BCUT2D eigenvalue weighted by Gasteiger charge is -2.40. The zero-order valence-electron chi connectivity index (χ0n) is 13.9. The third-order valence-corrected chi connectivity index (χ3v) is 3.86. The van der Waals surface area contributed by atoms with E-state index in [2.05, 4.69) is 51.3 Å². The average Bonchev–Trinajstić information content (AvgIpc) is 2.27. The van der Waals surface area contributed by atoms with Crippen molar-refractivity contribution in [2.75, 3.05) is 39.3 Å². The predicted octanol–water partition coefficient (Wildman–Crippen LogP) is 2.85. The van der Waals surface area contributed by atoms with Gasteiger partial charge in [0.05, 0.1) is 12.7 Å². The highest BCUT2D eigenvalue weighted by Crippen LogP contribution is 2.20. The van der Waals surface area contributed by atoms with Crippen molar-refractivity contribution in [1.82, 2.24) is 9.80 Å². The second-order valence-corrected chi connectivity index (χ2v) is 7.42. The molecule has 0 aromatic carbocycles. The van der Waals surface area contributed by atoms with E-state index in [0.717, 1.165) is 13.2 Å². The molecular weight excluding hydrogens is 236 g/mol. The summed E-state index contributed by atoms with van der Waals surface area (Å²) in [5, 5.41) is 0. The molecule has 0 spiro atoms. The molecule has 0 amide bonds. The molecule has 0 N–H and O–H groups in total. The highest BCUT2D eigenvalue weighted by molar-refractivity contribution is 4.80. The molecule has 0 aromatic heterocycles. The minimum Gasteiger partial charge on any atom is -0.377 e. The molecule has 0 aliphatic carbocycles. The smallest absolute Gasteiger partial charge is 0.0597 e. The Labute approximate surface area is 120 Å². The topological polar surface area (TPSA) is 15.7 Å². The van der Waals surface area contributed by atoms with E-state index < -0.39 is 0 Å². The fraction of sp³-hybridized carbons (Fsp3) is 1.00. The standard InChI is InChI=1S/C16H34N2O/c1-14(2)19-12-11-18-10-9-17(13-15(18)3)8-7-16(4,5)6/h14-15H,7-13H2,1-6H3/t15-/m1/s1. The third kappa shape index (κ3) is 7.28. The quantitative estimate of drug-likeness (QED) is 0.738. The molecule has 1 heterocycles. The highest BCUT2D eigenvalue weighted by Gasteiger charge is 2.24. The van der Waals surface area contributed by atoms with Gasteiger partial charge in [0.1, 0.15) is 0 Å². The number of nitrogens with zero attached hydrogens (tertiary/aromatic N) is 2. The maximum absolute atomic E-state index is 5.66. The van der Waals surface area contributed by atoms with Crippen LogP contribution in [0.2, 0.25) is 0 Å². The van der Waals surface area contributed by atoms with Gasteiger partial charge in [-0.3, -0.25) is 4.90 Å². The van der Waals surface area contributed by atoms with E-state index in [1.165, 1.54) is 32.6 Å². The second-order valence-electron chi connectivity index (χ2n) is 7.42. The maximum Gasteiger partial charge on any atom is 0.0597 e. The van der Waals surface area contributed by atoms with Crippen molar-refractivity contribution < 1.29 is 4.74 Å². The van der Waals surface area contributed by atoms with E-state index in [4.69, 9.17) is 4.74 Å². The molecule has 1 fully saturated rings. The van der Waals surface area contributed by atoms with E-state index >= 15 is 0 Å². The molecule has 1 aliphatic heterocycles. The maximum atomic E-state index is 5.66. The summed E-state index contributed by atoms with van der Waals surface area (Å²) >= 11 is 0. The minimum absolute atomic E-state index is 0.350. The normalized spacial score (nSPS) is 23.2. The first-order valence-corrected chi connectivity index (χ1v) is 7.86. The van der Waals surface area contributed by atoms with Gasteiger partial charge in [-0.2, -0.15) is 0 Å². The van der Waals surface area contributed by atoms with Crippen LogP contribution in [0.3, 0.4) is 0 Å². The van der Waals surface area contributed by atoms with Gasteiger partial charge in [-0.15, -0.1) is 0 Å². The van der Waals surface area contributed by atoms with Crippen LogP contribution in [0.1, 0.15) is 48.0 Å². The average molecular weight is 270 g/mol. The van der Waals surface area contributed by atoms with Crippen LogP contribution >= 0.6 is 0 Å². The second kappa shape index (κ2) is 7.61. The molecular formula is C16H34N2O. The molecule has 0 unspecified atom stereocenters. The van der Waals surface area contributed by atoms with Gasteiger partial charge in [0.2, 0.25) is 0 Å². The first-order valence-electron chi connectivity index (χ1n) is 7.86. The van der Waals surface area contributed by atoms with Crippen LogP contribution in [0.15, 0.2) is 0 Å². The van der Waals surface area contributed by atoms with E-state index in [0.29, 0.717) is 17.6 Å². The SMILES string of the molecule is CC(C)OCCN1CCN(CCC(C)(C)C)C[C@H]1C. The van der Waals surface area contributed by atoms with Crippen molar-refractivity contribution in [3.63, 3.8) is 0 Å². The van der Waals surface area contributed by atoms with Gasteiger partial charge in [-0.05, 0) is 39.2 Å². The van der Waals surface area contributed by atoms with Crippen molar-refractivity contribution in [3.8, 4) is 0 Å².